The quantitative estimate of drug-likeness (QED) is 0.137. The summed E-state index contributed by atoms with van der Waals surface area (Å²) in [5.41, 5.74) is 10.6. The highest BCUT2D eigenvalue weighted by atomic mass is 32.1. The molecule has 0 saturated heterocycles. The Labute approximate surface area is 173 Å². The Kier molecular flexibility index (Phi) is 11.9. The van der Waals surface area contributed by atoms with Gasteiger partial charge in [0.2, 0.25) is 23.6 Å². The van der Waals surface area contributed by atoms with Gasteiger partial charge in [-0.05, 0) is 12.3 Å². The maximum atomic E-state index is 12.3. The third-order valence-electron chi connectivity index (χ3n) is 3.90. The number of hydrogen-bond donors (Lipinski definition) is 8. The number of rotatable bonds is 13. The summed E-state index contributed by atoms with van der Waals surface area (Å²) in [7, 11) is 0. The largest absolute Gasteiger partial charge is 0.480 e. The molecule has 166 valence electrons. The molecule has 0 spiro atoms. The Morgan fingerprint density at radius 2 is 1.48 bits per heavy atom. The second-order valence-corrected chi connectivity index (χ2v) is 7.03. The molecule has 4 amide bonds. The molecule has 13 heteroatoms. The lowest BCUT2D eigenvalue weighted by molar-refractivity contribution is -0.143. The molecule has 0 aliphatic carbocycles. The predicted octanol–water partition coefficient (Wildman–Crippen LogP) is -3.30. The topological polar surface area (TPSA) is 214 Å². The van der Waals surface area contributed by atoms with Crippen molar-refractivity contribution < 1.29 is 34.2 Å². The summed E-state index contributed by atoms with van der Waals surface area (Å²) in [5.74, 6) is -4.91. The van der Waals surface area contributed by atoms with Gasteiger partial charge in [0, 0.05) is 12.2 Å². The number of primary amides is 1. The lowest BCUT2D eigenvalue weighted by atomic mass is 10.0. The number of amides is 4. The first kappa shape index (κ1) is 26.6. The van der Waals surface area contributed by atoms with Crippen molar-refractivity contribution in [2.45, 2.75) is 50.9 Å². The summed E-state index contributed by atoms with van der Waals surface area (Å²) >= 11 is 3.97. The zero-order chi connectivity index (χ0) is 22.7. The summed E-state index contributed by atoms with van der Waals surface area (Å²) < 4.78 is 0. The molecule has 4 atom stereocenters. The van der Waals surface area contributed by atoms with Gasteiger partial charge < -0.3 is 37.6 Å². The molecule has 0 radical (unpaired) electrons. The molecule has 4 unspecified atom stereocenters. The summed E-state index contributed by atoms with van der Waals surface area (Å²) in [6.07, 6.45) is -0.179. The van der Waals surface area contributed by atoms with Gasteiger partial charge in [-0.25, -0.2) is 4.79 Å². The number of thiol groups is 1. The fourth-order valence-corrected chi connectivity index (χ4v) is 2.39. The Hall–Kier alpha value is -2.38. The minimum Gasteiger partial charge on any atom is -0.480 e. The number of nitrogens with two attached hydrogens (primary N) is 2. The highest BCUT2D eigenvalue weighted by Gasteiger charge is 2.30. The Bertz CT molecular complexity index is 616. The Morgan fingerprint density at radius 3 is 1.90 bits per heavy atom. The summed E-state index contributed by atoms with van der Waals surface area (Å²) in [6, 6.07) is -4.92. The van der Waals surface area contributed by atoms with Crippen LogP contribution in [0.4, 0.5) is 0 Å². The fourth-order valence-electron chi connectivity index (χ4n) is 2.14. The minimum atomic E-state index is -1.42. The number of nitrogens with one attached hydrogen (secondary N) is 3. The second kappa shape index (κ2) is 13.0. The Balaban J connectivity index is 4.95. The number of carbonyl (C=O) groups excluding carboxylic acids is 4. The molecule has 0 saturated carbocycles. The van der Waals surface area contributed by atoms with Crippen molar-refractivity contribution in [3.05, 3.63) is 0 Å². The normalized spacial score (nSPS) is 15.0. The van der Waals surface area contributed by atoms with Crippen LogP contribution in [0.1, 0.15) is 26.7 Å². The zero-order valence-electron chi connectivity index (χ0n) is 16.3. The van der Waals surface area contributed by atoms with E-state index in [0.717, 1.165) is 0 Å². The molecule has 0 aromatic heterocycles. The Morgan fingerprint density at radius 1 is 0.966 bits per heavy atom. The first-order chi connectivity index (χ1) is 13.4. The van der Waals surface area contributed by atoms with Gasteiger partial charge in [0.25, 0.3) is 0 Å². The lowest BCUT2D eigenvalue weighted by Gasteiger charge is -2.24. The van der Waals surface area contributed by atoms with Gasteiger partial charge in [0.05, 0.1) is 12.6 Å². The third-order valence-corrected chi connectivity index (χ3v) is 4.27. The van der Waals surface area contributed by atoms with Crippen LogP contribution in [0.2, 0.25) is 0 Å². The van der Waals surface area contributed by atoms with E-state index in [1.165, 1.54) is 0 Å². The average molecular weight is 436 g/mol. The molecular formula is C16H29N5O7S. The van der Waals surface area contributed by atoms with Crippen LogP contribution in [-0.2, 0) is 24.0 Å². The number of aliphatic hydroxyl groups excluding tert-OH is 1. The van der Waals surface area contributed by atoms with Gasteiger partial charge in [0.15, 0.2) is 0 Å². The number of carbonyl (C=O) groups is 5. The van der Waals surface area contributed by atoms with Crippen molar-refractivity contribution in [3.63, 3.8) is 0 Å². The van der Waals surface area contributed by atoms with Gasteiger partial charge in [-0.15, -0.1) is 0 Å². The molecule has 0 aromatic rings. The van der Waals surface area contributed by atoms with Gasteiger partial charge >= 0.3 is 5.97 Å². The van der Waals surface area contributed by atoms with E-state index in [1.807, 2.05) is 0 Å². The van der Waals surface area contributed by atoms with Crippen LogP contribution in [0.15, 0.2) is 0 Å². The molecule has 0 aromatic carbocycles. The van der Waals surface area contributed by atoms with Crippen molar-refractivity contribution in [2.24, 2.45) is 17.4 Å². The zero-order valence-corrected chi connectivity index (χ0v) is 17.1. The molecule has 29 heavy (non-hydrogen) atoms. The molecule has 0 rings (SSSR count). The standard InChI is InChI=1S/C16H29N5O7S/c1-7(2)12(16(27)28)21-15(26)10(6-29)20-14(25)9(5-22)19-13(24)8(17)3-4-11(18)23/h7-10,12,22,29H,3-6,17H2,1-2H3,(H2,18,23)(H,19,24)(H,20,25)(H,21,26)(H,27,28). The summed E-state index contributed by atoms with van der Waals surface area (Å²) in [5, 5.41) is 25.3. The molecule has 0 heterocycles. The third kappa shape index (κ3) is 9.58. The first-order valence-corrected chi connectivity index (χ1v) is 9.47. The van der Waals surface area contributed by atoms with E-state index in [-0.39, 0.29) is 18.6 Å². The van der Waals surface area contributed by atoms with Crippen LogP contribution in [0, 0.1) is 5.92 Å². The molecule has 9 N–H and O–H groups in total. The lowest BCUT2D eigenvalue weighted by Crippen LogP contribution is -2.59. The predicted molar refractivity (Wildman–Crippen MR) is 106 cm³/mol. The van der Waals surface area contributed by atoms with Gasteiger partial charge in [0.1, 0.15) is 18.1 Å². The van der Waals surface area contributed by atoms with Crippen LogP contribution in [-0.4, -0.2) is 76.3 Å². The highest BCUT2D eigenvalue weighted by Crippen LogP contribution is 2.03. The number of hydrogen-bond acceptors (Lipinski definition) is 8. The SMILES string of the molecule is CC(C)C(NC(=O)C(CS)NC(=O)C(CO)NC(=O)C(N)CCC(N)=O)C(=O)O. The maximum Gasteiger partial charge on any atom is 0.326 e. The maximum absolute atomic E-state index is 12.3. The highest BCUT2D eigenvalue weighted by molar-refractivity contribution is 7.80. The average Bonchev–Trinajstić information content (AvgIpc) is 2.64. The number of aliphatic carboxylic acids is 1. The van der Waals surface area contributed by atoms with Crippen molar-refractivity contribution in [2.75, 3.05) is 12.4 Å². The van der Waals surface area contributed by atoms with E-state index in [4.69, 9.17) is 16.6 Å². The molecular weight excluding hydrogens is 406 g/mol. The minimum absolute atomic E-state index is 0.0472. The van der Waals surface area contributed by atoms with Crippen LogP contribution >= 0.6 is 12.6 Å². The van der Waals surface area contributed by atoms with Gasteiger partial charge in [-0.2, -0.15) is 12.6 Å². The van der Waals surface area contributed by atoms with E-state index in [9.17, 15) is 29.1 Å². The van der Waals surface area contributed by atoms with Crippen molar-refractivity contribution in [1.29, 1.82) is 0 Å². The van der Waals surface area contributed by atoms with Crippen molar-refractivity contribution >= 4 is 42.2 Å². The van der Waals surface area contributed by atoms with E-state index in [0.29, 0.717) is 0 Å². The van der Waals surface area contributed by atoms with Crippen molar-refractivity contribution in [1.82, 2.24) is 16.0 Å². The molecule has 0 aliphatic heterocycles. The summed E-state index contributed by atoms with van der Waals surface area (Å²) in [4.78, 5) is 58.5. The molecule has 0 fully saturated rings. The monoisotopic (exact) mass is 435 g/mol. The second-order valence-electron chi connectivity index (χ2n) is 6.67. The van der Waals surface area contributed by atoms with E-state index >= 15 is 0 Å². The van der Waals surface area contributed by atoms with Crippen LogP contribution in [0.5, 0.6) is 0 Å². The molecule has 0 bridgehead atoms. The van der Waals surface area contributed by atoms with Crippen LogP contribution in [0.25, 0.3) is 0 Å². The number of carboxylic acid groups (broad SMARTS) is 1. The number of carboxylic acids is 1. The van der Waals surface area contributed by atoms with Gasteiger partial charge in [-0.3, -0.25) is 19.2 Å². The first-order valence-electron chi connectivity index (χ1n) is 8.84. The molecule has 0 aliphatic rings. The number of aliphatic hydroxyl groups is 1. The van der Waals surface area contributed by atoms with Gasteiger partial charge in [-0.1, -0.05) is 13.8 Å². The fraction of sp³-hybridized carbons (Fsp3) is 0.688. The van der Waals surface area contributed by atoms with E-state index in [2.05, 4.69) is 28.6 Å². The molecule has 12 nitrogen and oxygen atoms in total. The van der Waals surface area contributed by atoms with Crippen LogP contribution in [0.3, 0.4) is 0 Å². The van der Waals surface area contributed by atoms with E-state index < -0.39 is 66.3 Å². The summed E-state index contributed by atoms with van der Waals surface area (Å²) in [6.45, 7) is 2.42. The van der Waals surface area contributed by atoms with E-state index in [1.54, 1.807) is 13.8 Å². The smallest absolute Gasteiger partial charge is 0.326 e. The van der Waals surface area contributed by atoms with Crippen LogP contribution < -0.4 is 27.4 Å². The van der Waals surface area contributed by atoms with Crippen molar-refractivity contribution in [3.8, 4) is 0 Å².